The Bertz CT molecular complexity index is 525. The van der Waals surface area contributed by atoms with Gasteiger partial charge in [0.15, 0.2) is 0 Å². The zero-order valence-electron chi connectivity index (χ0n) is 10.0. The first-order chi connectivity index (χ1) is 8.53. The Kier molecular flexibility index (Phi) is 4.04. The van der Waals surface area contributed by atoms with Crippen LogP contribution in [0.5, 0.6) is 5.75 Å². The summed E-state index contributed by atoms with van der Waals surface area (Å²) in [5.41, 5.74) is 6.04. The third-order valence-corrected chi connectivity index (χ3v) is 5.43. The van der Waals surface area contributed by atoms with E-state index in [-0.39, 0.29) is 10.9 Å². The van der Waals surface area contributed by atoms with Crippen molar-refractivity contribution >= 4 is 27.5 Å². The number of thioether (sulfide) groups is 1. The average Bonchev–Trinajstić information content (AvgIpc) is 2.81. The highest BCUT2D eigenvalue weighted by Gasteiger charge is 2.25. The van der Waals surface area contributed by atoms with Gasteiger partial charge in [0.2, 0.25) is 10.0 Å². The normalized spacial score (nSPS) is 19.9. The van der Waals surface area contributed by atoms with Crippen molar-refractivity contribution in [2.45, 2.75) is 17.4 Å². The molecule has 1 saturated heterocycles. The van der Waals surface area contributed by atoms with Gasteiger partial charge in [0.25, 0.3) is 0 Å². The van der Waals surface area contributed by atoms with E-state index in [1.165, 1.54) is 13.2 Å². The maximum absolute atomic E-state index is 12.3. The van der Waals surface area contributed by atoms with Crippen LogP contribution in [-0.4, -0.2) is 33.1 Å². The molecule has 5 nitrogen and oxygen atoms in total. The predicted octanol–water partition coefficient (Wildman–Crippen LogP) is 1.06. The molecule has 18 heavy (non-hydrogen) atoms. The van der Waals surface area contributed by atoms with E-state index in [4.69, 9.17) is 10.5 Å². The number of benzene rings is 1. The van der Waals surface area contributed by atoms with E-state index in [1.807, 2.05) is 0 Å². The third kappa shape index (κ3) is 2.90. The minimum atomic E-state index is -3.58. The number of hydrogen-bond donors (Lipinski definition) is 2. The Morgan fingerprint density at radius 1 is 1.50 bits per heavy atom. The SMILES string of the molecule is COc1ccc(N)cc1S(=O)(=O)NC1CCSC1. The summed E-state index contributed by atoms with van der Waals surface area (Å²) in [6.45, 7) is 0. The summed E-state index contributed by atoms with van der Waals surface area (Å²) in [5.74, 6) is 2.10. The van der Waals surface area contributed by atoms with Crippen molar-refractivity contribution in [1.29, 1.82) is 0 Å². The van der Waals surface area contributed by atoms with Gasteiger partial charge >= 0.3 is 0 Å². The molecule has 1 aliphatic rings. The molecule has 0 spiro atoms. The number of hydrogen-bond acceptors (Lipinski definition) is 5. The van der Waals surface area contributed by atoms with Crippen molar-refractivity contribution in [2.24, 2.45) is 0 Å². The van der Waals surface area contributed by atoms with Gasteiger partial charge < -0.3 is 10.5 Å². The van der Waals surface area contributed by atoms with Gasteiger partial charge in [0, 0.05) is 17.5 Å². The molecule has 0 aliphatic carbocycles. The average molecular weight is 288 g/mol. The Morgan fingerprint density at radius 3 is 2.89 bits per heavy atom. The quantitative estimate of drug-likeness (QED) is 0.810. The molecule has 2 rings (SSSR count). The molecule has 3 N–H and O–H groups in total. The second kappa shape index (κ2) is 5.38. The summed E-state index contributed by atoms with van der Waals surface area (Å²) < 4.78 is 32.3. The van der Waals surface area contributed by atoms with Crippen molar-refractivity contribution in [2.75, 3.05) is 24.3 Å². The lowest BCUT2D eigenvalue weighted by Gasteiger charge is -2.14. The number of sulfonamides is 1. The number of nitrogens with two attached hydrogens (primary N) is 1. The molecule has 0 aromatic heterocycles. The van der Waals surface area contributed by atoms with Crippen molar-refractivity contribution < 1.29 is 13.2 Å². The van der Waals surface area contributed by atoms with E-state index in [0.29, 0.717) is 11.4 Å². The summed E-state index contributed by atoms with van der Waals surface area (Å²) >= 11 is 1.75. The standard InChI is InChI=1S/C11H16N2O3S2/c1-16-10-3-2-8(12)6-11(10)18(14,15)13-9-4-5-17-7-9/h2-3,6,9,13H,4-5,7,12H2,1H3. The number of methoxy groups -OCH3 is 1. The molecule has 1 aromatic rings. The molecule has 0 amide bonds. The zero-order valence-corrected chi connectivity index (χ0v) is 11.7. The van der Waals surface area contributed by atoms with Crippen LogP contribution in [0.25, 0.3) is 0 Å². The molecule has 1 unspecified atom stereocenters. The monoisotopic (exact) mass is 288 g/mol. The summed E-state index contributed by atoms with van der Waals surface area (Å²) in [5, 5.41) is 0. The van der Waals surface area contributed by atoms with Crippen LogP contribution < -0.4 is 15.2 Å². The number of nitrogen functional groups attached to an aromatic ring is 1. The largest absolute Gasteiger partial charge is 0.495 e. The van der Waals surface area contributed by atoms with E-state index in [1.54, 1.807) is 23.9 Å². The summed E-state index contributed by atoms with van der Waals surface area (Å²) in [7, 11) is -2.14. The molecule has 1 fully saturated rings. The van der Waals surface area contributed by atoms with Crippen LogP contribution in [0, 0.1) is 0 Å². The van der Waals surface area contributed by atoms with Crippen LogP contribution in [0.2, 0.25) is 0 Å². The number of nitrogens with one attached hydrogen (secondary N) is 1. The summed E-state index contributed by atoms with van der Waals surface area (Å²) in [6, 6.07) is 4.59. The van der Waals surface area contributed by atoms with Gasteiger partial charge in [-0.3, -0.25) is 0 Å². The van der Waals surface area contributed by atoms with Gasteiger partial charge in [0.1, 0.15) is 10.6 Å². The van der Waals surface area contributed by atoms with E-state index in [9.17, 15) is 8.42 Å². The van der Waals surface area contributed by atoms with Crippen molar-refractivity contribution in [3.63, 3.8) is 0 Å². The van der Waals surface area contributed by atoms with E-state index >= 15 is 0 Å². The van der Waals surface area contributed by atoms with E-state index in [0.717, 1.165) is 17.9 Å². The highest BCUT2D eigenvalue weighted by molar-refractivity contribution is 7.99. The van der Waals surface area contributed by atoms with Crippen molar-refractivity contribution in [3.05, 3.63) is 18.2 Å². The highest BCUT2D eigenvalue weighted by atomic mass is 32.2. The molecule has 1 atom stereocenters. The maximum Gasteiger partial charge on any atom is 0.244 e. The van der Waals surface area contributed by atoms with Crippen LogP contribution >= 0.6 is 11.8 Å². The fourth-order valence-corrected chi connectivity index (χ4v) is 4.55. The number of anilines is 1. The first kappa shape index (κ1) is 13.5. The first-order valence-electron chi connectivity index (χ1n) is 5.56. The number of ether oxygens (including phenoxy) is 1. The first-order valence-corrected chi connectivity index (χ1v) is 8.20. The highest BCUT2D eigenvalue weighted by Crippen LogP contribution is 2.27. The second-order valence-electron chi connectivity index (χ2n) is 4.09. The van der Waals surface area contributed by atoms with Gasteiger partial charge in [-0.15, -0.1) is 0 Å². The molecule has 100 valence electrons. The van der Waals surface area contributed by atoms with Gasteiger partial charge in [0.05, 0.1) is 7.11 Å². The van der Waals surface area contributed by atoms with Crippen molar-refractivity contribution in [1.82, 2.24) is 4.72 Å². The molecule has 0 saturated carbocycles. The summed E-state index contributed by atoms with van der Waals surface area (Å²) in [6.07, 6.45) is 0.856. The second-order valence-corrected chi connectivity index (χ2v) is 6.92. The van der Waals surface area contributed by atoms with Crippen LogP contribution in [-0.2, 0) is 10.0 Å². The molecular formula is C11H16N2O3S2. The fourth-order valence-electron chi connectivity index (χ4n) is 1.81. The molecule has 0 radical (unpaired) electrons. The molecule has 7 heteroatoms. The fraction of sp³-hybridized carbons (Fsp3) is 0.455. The molecule has 1 aliphatic heterocycles. The Hall–Kier alpha value is -0.920. The smallest absolute Gasteiger partial charge is 0.244 e. The van der Waals surface area contributed by atoms with Gasteiger partial charge in [-0.2, -0.15) is 11.8 Å². The Balaban J connectivity index is 2.30. The minimum absolute atomic E-state index is 0.00821. The molecule has 1 aromatic carbocycles. The van der Waals surface area contributed by atoms with Crippen LogP contribution in [0.3, 0.4) is 0 Å². The lowest BCUT2D eigenvalue weighted by atomic mass is 10.3. The van der Waals surface area contributed by atoms with Crippen molar-refractivity contribution in [3.8, 4) is 5.75 Å². The van der Waals surface area contributed by atoms with Gasteiger partial charge in [-0.1, -0.05) is 0 Å². The summed E-state index contributed by atoms with van der Waals surface area (Å²) in [4.78, 5) is 0.0990. The number of rotatable bonds is 4. The van der Waals surface area contributed by atoms with Gasteiger partial charge in [-0.05, 0) is 30.4 Å². The Labute approximate surface area is 111 Å². The van der Waals surface area contributed by atoms with Crippen LogP contribution in [0.15, 0.2) is 23.1 Å². The molecule has 0 bridgehead atoms. The lowest BCUT2D eigenvalue weighted by molar-refractivity contribution is 0.402. The van der Waals surface area contributed by atoms with Crippen LogP contribution in [0.4, 0.5) is 5.69 Å². The lowest BCUT2D eigenvalue weighted by Crippen LogP contribution is -2.34. The predicted molar refractivity (Wildman–Crippen MR) is 73.5 cm³/mol. The van der Waals surface area contributed by atoms with Gasteiger partial charge in [-0.25, -0.2) is 13.1 Å². The Morgan fingerprint density at radius 2 is 2.28 bits per heavy atom. The van der Waals surface area contributed by atoms with Crippen LogP contribution in [0.1, 0.15) is 6.42 Å². The molecule has 1 heterocycles. The third-order valence-electron chi connectivity index (χ3n) is 2.73. The minimum Gasteiger partial charge on any atom is -0.495 e. The topological polar surface area (TPSA) is 81.4 Å². The molecular weight excluding hydrogens is 272 g/mol. The zero-order chi connectivity index (χ0) is 13.2. The van der Waals surface area contributed by atoms with E-state index in [2.05, 4.69) is 4.72 Å². The maximum atomic E-state index is 12.3. The van der Waals surface area contributed by atoms with E-state index < -0.39 is 10.0 Å².